The highest BCUT2D eigenvalue weighted by Gasteiger charge is 2.18. The van der Waals surface area contributed by atoms with E-state index >= 15 is 0 Å². The van der Waals surface area contributed by atoms with Crippen LogP contribution in [0.1, 0.15) is 36.8 Å². The van der Waals surface area contributed by atoms with Crippen LogP contribution in [0.2, 0.25) is 0 Å². The number of nitrogens with one attached hydrogen (secondary N) is 1. The fraction of sp³-hybridized carbons (Fsp3) is 0.529. The van der Waals surface area contributed by atoms with Crippen molar-refractivity contribution in [1.29, 1.82) is 0 Å². The minimum absolute atomic E-state index is 0.194. The third-order valence-corrected chi connectivity index (χ3v) is 3.76. The molecular formula is C17H23NO4. The first-order chi connectivity index (χ1) is 10.5. The monoisotopic (exact) mass is 305 g/mol. The average molecular weight is 305 g/mol. The van der Waals surface area contributed by atoms with Gasteiger partial charge in [0.05, 0.1) is 0 Å². The molecule has 0 spiro atoms. The molecule has 1 amide bonds. The van der Waals surface area contributed by atoms with Crippen LogP contribution in [0.15, 0.2) is 18.2 Å². The summed E-state index contributed by atoms with van der Waals surface area (Å²) in [6.07, 6.45) is 4.31. The van der Waals surface area contributed by atoms with Crippen molar-refractivity contribution < 1.29 is 19.1 Å². The van der Waals surface area contributed by atoms with Gasteiger partial charge < -0.3 is 14.8 Å². The second-order valence-corrected chi connectivity index (χ2v) is 5.77. The second-order valence-electron chi connectivity index (χ2n) is 5.77. The molecule has 22 heavy (non-hydrogen) atoms. The van der Waals surface area contributed by atoms with Crippen molar-refractivity contribution in [3.8, 4) is 5.75 Å². The van der Waals surface area contributed by atoms with E-state index in [1.54, 1.807) is 0 Å². The molecule has 1 N–H and O–H groups in total. The second kappa shape index (κ2) is 7.82. The Kier molecular flexibility index (Phi) is 5.81. The van der Waals surface area contributed by atoms with E-state index in [0.717, 1.165) is 36.8 Å². The number of carbonyl (C=O) groups excluding carboxylic acids is 2. The molecule has 5 nitrogen and oxygen atoms in total. The van der Waals surface area contributed by atoms with Crippen molar-refractivity contribution in [3.63, 3.8) is 0 Å². The van der Waals surface area contributed by atoms with Gasteiger partial charge in [0.25, 0.3) is 5.91 Å². The van der Waals surface area contributed by atoms with Gasteiger partial charge in [-0.15, -0.1) is 0 Å². The van der Waals surface area contributed by atoms with Crippen molar-refractivity contribution in [2.24, 2.45) is 0 Å². The molecule has 0 saturated heterocycles. The van der Waals surface area contributed by atoms with Crippen molar-refractivity contribution in [2.75, 3.05) is 13.2 Å². The standard InChI is InChI=1S/C17H23NO4/c1-12-7-8-15(13(2)9-12)21-11-17(20)22-10-16(19)18-14-5-3-4-6-14/h7-9,14H,3-6,10-11H2,1-2H3,(H,18,19). The molecular weight excluding hydrogens is 282 g/mol. The highest BCUT2D eigenvalue weighted by atomic mass is 16.6. The molecule has 0 bridgehead atoms. The number of esters is 1. The van der Waals surface area contributed by atoms with Crippen molar-refractivity contribution in [3.05, 3.63) is 29.3 Å². The number of carbonyl (C=O) groups is 2. The topological polar surface area (TPSA) is 64.6 Å². The minimum Gasteiger partial charge on any atom is -0.482 e. The van der Waals surface area contributed by atoms with Gasteiger partial charge in [0.15, 0.2) is 13.2 Å². The van der Waals surface area contributed by atoms with Gasteiger partial charge in [-0.1, -0.05) is 30.5 Å². The summed E-state index contributed by atoms with van der Waals surface area (Å²) in [7, 11) is 0. The zero-order valence-corrected chi connectivity index (χ0v) is 13.2. The van der Waals surface area contributed by atoms with Crippen LogP contribution >= 0.6 is 0 Å². The minimum atomic E-state index is -0.540. The number of rotatable bonds is 6. The lowest BCUT2D eigenvalue weighted by atomic mass is 10.1. The zero-order valence-electron chi connectivity index (χ0n) is 13.2. The highest BCUT2D eigenvalue weighted by Crippen LogP contribution is 2.19. The molecule has 1 aromatic carbocycles. The Morgan fingerprint density at radius 3 is 2.59 bits per heavy atom. The summed E-state index contributed by atoms with van der Waals surface area (Å²) in [4.78, 5) is 23.2. The van der Waals surface area contributed by atoms with Crippen LogP contribution in [0.3, 0.4) is 0 Å². The highest BCUT2D eigenvalue weighted by molar-refractivity contribution is 5.81. The van der Waals surface area contributed by atoms with Gasteiger partial charge in [-0.05, 0) is 38.3 Å². The molecule has 0 radical (unpaired) electrons. The first kappa shape index (κ1) is 16.3. The lowest BCUT2D eigenvalue weighted by Crippen LogP contribution is -2.36. The van der Waals surface area contributed by atoms with E-state index in [2.05, 4.69) is 5.32 Å². The van der Waals surface area contributed by atoms with E-state index in [9.17, 15) is 9.59 Å². The first-order valence-electron chi connectivity index (χ1n) is 7.69. The Morgan fingerprint density at radius 1 is 1.18 bits per heavy atom. The number of hydrogen-bond acceptors (Lipinski definition) is 4. The number of benzene rings is 1. The predicted octanol–water partition coefficient (Wildman–Crippen LogP) is 2.28. The van der Waals surface area contributed by atoms with Crippen LogP contribution in [-0.4, -0.2) is 31.1 Å². The Morgan fingerprint density at radius 2 is 1.91 bits per heavy atom. The molecule has 1 aliphatic carbocycles. The lowest BCUT2D eigenvalue weighted by Gasteiger charge is -2.12. The number of hydrogen-bond donors (Lipinski definition) is 1. The molecule has 1 aromatic rings. The molecule has 2 rings (SSSR count). The van der Waals surface area contributed by atoms with Gasteiger partial charge in [0, 0.05) is 6.04 Å². The summed E-state index contributed by atoms with van der Waals surface area (Å²) in [5, 5.41) is 2.87. The van der Waals surface area contributed by atoms with Crippen LogP contribution in [-0.2, 0) is 14.3 Å². The Hall–Kier alpha value is -2.04. The fourth-order valence-electron chi connectivity index (χ4n) is 2.63. The average Bonchev–Trinajstić information content (AvgIpc) is 2.97. The molecule has 1 saturated carbocycles. The van der Waals surface area contributed by atoms with Crippen molar-refractivity contribution in [1.82, 2.24) is 5.32 Å². The molecule has 0 aromatic heterocycles. The van der Waals surface area contributed by atoms with Crippen molar-refractivity contribution in [2.45, 2.75) is 45.6 Å². The van der Waals surface area contributed by atoms with Gasteiger partial charge in [-0.3, -0.25) is 4.79 Å². The van der Waals surface area contributed by atoms with Gasteiger partial charge in [0.1, 0.15) is 5.75 Å². The summed E-state index contributed by atoms with van der Waals surface area (Å²) in [6.45, 7) is 3.48. The molecule has 120 valence electrons. The largest absolute Gasteiger partial charge is 0.482 e. The lowest BCUT2D eigenvalue weighted by molar-refractivity contribution is -0.150. The van der Waals surface area contributed by atoms with E-state index in [-0.39, 0.29) is 25.2 Å². The van der Waals surface area contributed by atoms with Gasteiger partial charge >= 0.3 is 5.97 Å². The molecule has 1 fully saturated rings. The summed E-state index contributed by atoms with van der Waals surface area (Å²) >= 11 is 0. The maximum absolute atomic E-state index is 11.6. The number of ether oxygens (including phenoxy) is 2. The Balaban J connectivity index is 1.68. The van der Waals surface area contributed by atoms with E-state index in [1.165, 1.54) is 0 Å². The van der Waals surface area contributed by atoms with E-state index in [1.807, 2.05) is 32.0 Å². The normalized spacial score (nSPS) is 14.6. The van der Waals surface area contributed by atoms with Crippen LogP contribution < -0.4 is 10.1 Å². The van der Waals surface area contributed by atoms with Crippen LogP contribution in [0, 0.1) is 13.8 Å². The summed E-state index contributed by atoms with van der Waals surface area (Å²) in [5.74, 6) is -0.133. The predicted molar refractivity (Wildman–Crippen MR) is 82.8 cm³/mol. The molecule has 0 unspecified atom stereocenters. The zero-order chi connectivity index (χ0) is 15.9. The fourth-order valence-corrected chi connectivity index (χ4v) is 2.63. The Labute approximate surface area is 131 Å². The van der Waals surface area contributed by atoms with E-state index in [0.29, 0.717) is 5.75 Å². The van der Waals surface area contributed by atoms with E-state index in [4.69, 9.17) is 9.47 Å². The SMILES string of the molecule is Cc1ccc(OCC(=O)OCC(=O)NC2CCCC2)c(C)c1. The van der Waals surface area contributed by atoms with Crippen LogP contribution in [0.5, 0.6) is 5.75 Å². The smallest absolute Gasteiger partial charge is 0.344 e. The van der Waals surface area contributed by atoms with Gasteiger partial charge in [-0.25, -0.2) is 4.79 Å². The summed E-state index contributed by atoms with van der Waals surface area (Å²) < 4.78 is 10.3. The van der Waals surface area contributed by atoms with Crippen molar-refractivity contribution >= 4 is 11.9 Å². The first-order valence-corrected chi connectivity index (χ1v) is 7.69. The molecule has 0 atom stereocenters. The molecule has 0 heterocycles. The third kappa shape index (κ3) is 5.06. The van der Waals surface area contributed by atoms with Gasteiger partial charge in [-0.2, -0.15) is 0 Å². The van der Waals surface area contributed by atoms with Gasteiger partial charge in [0.2, 0.25) is 0 Å². The third-order valence-electron chi connectivity index (χ3n) is 3.76. The van der Waals surface area contributed by atoms with Crippen LogP contribution in [0.25, 0.3) is 0 Å². The molecule has 5 heteroatoms. The Bertz CT molecular complexity index is 535. The maximum Gasteiger partial charge on any atom is 0.344 e. The van der Waals surface area contributed by atoms with Crippen LogP contribution in [0.4, 0.5) is 0 Å². The summed E-state index contributed by atoms with van der Waals surface area (Å²) in [5.41, 5.74) is 2.10. The number of aryl methyl sites for hydroxylation is 2. The molecule has 1 aliphatic rings. The van der Waals surface area contributed by atoms with E-state index < -0.39 is 5.97 Å². The molecule has 0 aliphatic heterocycles. The summed E-state index contributed by atoms with van der Waals surface area (Å²) in [6, 6.07) is 5.96. The quantitative estimate of drug-likeness (QED) is 0.819. The maximum atomic E-state index is 11.6. The number of amides is 1.